The highest BCUT2D eigenvalue weighted by Crippen LogP contribution is 2.31. The Kier molecular flexibility index (Phi) is 6.57. The maximum Gasteiger partial charge on any atom is 0.271 e. The maximum atomic E-state index is 12.3. The molecule has 0 aliphatic rings. The summed E-state index contributed by atoms with van der Waals surface area (Å²) in [6.45, 7) is 5.70. The van der Waals surface area contributed by atoms with Crippen LogP contribution in [0.1, 0.15) is 20.8 Å². The molecule has 0 fully saturated rings. The average molecular weight is 402 g/mol. The number of amides is 1. The summed E-state index contributed by atoms with van der Waals surface area (Å²) in [4.78, 5) is 22.6. The molecule has 25 heavy (non-hydrogen) atoms. The van der Waals surface area contributed by atoms with E-state index in [0.717, 1.165) is 0 Å². The number of non-ortho nitro benzene ring substituents is 1. The lowest BCUT2D eigenvalue weighted by Gasteiger charge is -2.11. The van der Waals surface area contributed by atoms with Gasteiger partial charge in [0.15, 0.2) is 4.34 Å². The van der Waals surface area contributed by atoms with Crippen LogP contribution >= 0.6 is 34.7 Å². The number of aromatic nitrogens is 2. The Hall–Kier alpha value is -1.91. The average Bonchev–Trinajstić information content (AvgIpc) is 2.95. The first-order chi connectivity index (χ1) is 11.8. The minimum atomic E-state index is -0.547. The molecule has 1 heterocycles. The first-order valence-electron chi connectivity index (χ1n) is 7.27. The molecular weight excluding hydrogens is 386 g/mol. The fourth-order valence-corrected chi connectivity index (χ4v) is 3.93. The minimum absolute atomic E-state index is 0.145. The number of nitrogens with one attached hydrogen (secondary N) is 2. The van der Waals surface area contributed by atoms with Crippen molar-refractivity contribution in [2.75, 3.05) is 10.6 Å². The molecule has 1 aromatic carbocycles. The Bertz CT molecular complexity index is 784. The van der Waals surface area contributed by atoms with Gasteiger partial charge >= 0.3 is 0 Å². The van der Waals surface area contributed by atoms with E-state index in [4.69, 9.17) is 11.6 Å². The summed E-state index contributed by atoms with van der Waals surface area (Å²) in [5, 5.41) is 25.1. The summed E-state index contributed by atoms with van der Waals surface area (Å²) in [5.74, 6) is -0.332. The van der Waals surface area contributed by atoms with E-state index in [1.54, 1.807) is 6.92 Å². The Labute approximate surface area is 157 Å². The van der Waals surface area contributed by atoms with Gasteiger partial charge in [-0.1, -0.05) is 34.7 Å². The van der Waals surface area contributed by atoms with Crippen molar-refractivity contribution >= 4 is 57.1 Å². The molecule has 11 heteroatoms. The number of hydrogen-bond donors (Lipinski definition) is 2. The molecule has 0 spiro atoms. The van der Waals surface area contributed by atoms with Crippen molar-refractivity contribution in [2.24, 2.45) is 0 Å². The van der Waals surface area contributed by atoms with E-state index in [1.807, 2.05) is 13.8 Å². The Morgan fingerprint density at radius 1 is 1.36 bits per heavy atom. The lowest BCUT2D eigenvalue weighted by molar-refractivity contribution is -0.384. The van der Waals surface area contributed by atoms with E-state index in [-0.39, 0.29) is 28.3 Å². The standard InChI is InChI=1S/C14H16ClN5O3S2/c1-7(2)16-13-18-19-14(25-13)24-8(3)12(21)17-11-6-9(20(22)23)4-5-10(11)15/h4-8H,1-3H3,(H,16,18)(H,17,21). The van der Waals surface area contributed by atoms with Gasteiger partial charge in [0.05, 0.1) is 20.9 Å². The van der Waals surface area contributed by atoms with Crippen LogP contribution in [-0.4, -0.2) is 32.3 Å². The monoisotopic (exact) mass is 401 g/mol. The number of carbonyl (C=O) groups is 1. The third kappa shape index (κ3) is 5.55. The first kappa shape index (κ1) is 19.4. The maximum absolute atomic E-state index is 12.3. The van der Waals surface area contributed by atoms with Crippen molar-refractivity contribution in [1.29, 1.82) is 0 Å². The van der Waals surface area contributed by atoms with Gasteiger partial charge in [0.2, 0.25) is 11.0 Å². The van der Waals surface area contributed by atoms with Crippen molar-refractivity contribution in [3.63, 3.8) is 0 Å². The smallest absolute Gasteiger partial charge is 0.271 e. The second-order valence-corrected chi connectivity index (χ2v) is 8.32. The van der Waals surface area contributed by atoms with Crippen molar-refractivity contribution in [1.82, 2.24) is 10.2 Å². The zero-order valence-electron chi connectivity index (χ0n) is 13.6. The number of benzene rings is 1. The van der Waals surface area contributed by atoms with E-state index >= 15 is 0 Å². The van der Waals surface area contributed by atoms with Gasteiger partial charge in [-0.2, -0.15) is 0 Å². The fourth-order valence-electron chi connectivity index (χ4n) is 1.72. The van der Waals surface area contributed by atoms with Crippen LogP contribution in [-0.2, 0) is 4.79 Å². The number of rotatable bonds is 7. The number of halogens is 1. The van der Waals surface area contributed by atoms with E-state index in [1.165, 1.54) is 41.3 Å². The van der Waals surface area contributed by atoms with E-state index in [9.17, 15) is 14.9 Å². The molecule has 134 valence electrons. The molecule has 0 saturated heterocycles. The molecule has 1 unspecified atom stereocenters. The van der Waals surface area contributed by atoms with Crippen LogP contribution in [0.2, 0.25) is 5.02 Å². The highest BCUT2D eigenvalue weighted by atomic mass is 35.5. The zero-order chi connectivity index (χ0) is 18.6. The topological polar surface area (TPSA) is 110 Å². The Morgan fingerprint density at radius 3 is 2.72 bits per heavy atom. The molecule has 8 nitrogen and oxygen atoms in total. The quantitative estimate of drug-likeness (QED) is 0.409. The number of carbonyl (C=O) groups excluding carboxylic acids is 1. The van der Waals surface area contributed by atoms with Crippen LogP contribution in [0.3, 0.4) is 0 Å². The van der Waals surface area contributed by atoms with Gasteiger partial charge in [-0.15, -0.1) is 10.2 Å². The predicted molar refractivity (Wildman–Crippen MR) is 101 cm³/mol. The number of nitro groups is 1. The second-order valence-electron chi connectivity index (χ2n) is 5.34. The van der Waals surface area contributed by atoms with Gasteiger partial charge < -0.3 is 10.6 Å². The SMILES string of the molecule is CC(C)Nc1nnc(SC(C)C(=O)Nc2cc([N+](=O)[O-])ccc2Cl)s1. The molecular formula is C14H16ClN5O3S2. The number of anilines is 2. The summed E-state index contributed by atoms with van der Waals surface area (Å²) < 4.78 is 0.649. The number of thioether (sulfide) groups is 1. The van der Waals surface area contributed by atoms with Crippen molar-refractivity contribution in [2.45, 2.75) is 36.4 Å². The largest absolute Gasteiger partial charge is 0.358 e. The molecule has 1 aromatic heterocycles. The van der Waals surface area contributed by atoms with Gasteiger partial charge in [0.25, 0.3) is 5.69 Å². The van der Waals surface area contributed by atoms with Crippen LogP contribution in [0.15, 0.2) is 22.5 Å². The van der Waals surface area contributed by atoms with E-state index in [2.05, 4.69) is 20.8 Å². The van der Waals surface area contributed by atoms with Crippen LogP contribution in [0.5, 0.6) is 0 Å². The van der Waals surface area contributed by atoms with Crippen LogP contribution in [0.4, 0.5) is 16.5 Å². The van der Waals surface area contributed by atoms with Gasteiger partial charge in [-0.3, -0.25) is 14.9 Å². The first-order valence-corrected chi connectivity index (χ1v) is 9.35. The summed E-state index contributed by atoms with van der Waals surface area (Å²) in [5.41, 5.74) is 0.0567. The van der Waals surface area contributed by atoms with Gasteiger partial charge in [0, 0.05) is 18.2 Å². The third-order valence-corrected chi connectivity index (χ3v) is 5.25. The van der Waals surface area contributed by atoms with Crippen LogP contribution in [0.25, 0.3) is 0 Å². The van der Waals surface area contributed by atoms with Crippen LogP contribution < -0.4 is 10.6 Å². The molecule has 0 aliphatic carbocycles. The summed E-state index contributed by atoms with van der Waals surface area (Å²) in [6.07, 6.45) is 0. The minimum Gasteiger partial charge on any atom is -0.358 e. The van der Waals surface area contributed by atoms with Crippen molar-refractivity contribution in [3.05, 3.63) is 33.3 Å². The summed E-state index contributed by atoms with van der Waals surface area (Å²) >= 11 is 8.60. The lowest BCUT2D eigenvalue weighted by atomic mass is 10.2. The molecule has 0 saturated carbocycles. The molecule has 0 aliphatic heterocycles. The molecule has 0 radical (unpaired) electrons. The van der Waals surface area contributed by atoms with Gasteiger partial charge in [-0.05, 0) is 26.8 Å². The summed E-state index contributed by atoms with van der Waals surface area (Å²) in [6, 6.07) is 4.12. The van der Waals surface area contributed by atoms with Gasteiger partial charge in [-0.25, -0.2) is 0 Å². The van der Waals surface area contributed by atoms with Crippen molar-refractivity contribution in [3.8, 4) is 0 Å². The number of hydrogen-bond acceptors (Lipinski definition) is 8. The second kappa shape index (κ2) is 8.45. The Morgan fingerprint density at radius 2 is 2.08 bits per heavy atom. The number of nitrogens with zero attached hydrogens (tertiary/aromatic N) is 3. The molecule has 2 N–H and O–H groups in total. The molecule has 0 bridgehead atoms. The summed E-state index contributed by atoms with van der Waals surface area (Å²) in [7, 11) is 0. The highest BCUT2D eigenvalue weighted by Gasteiger charge is 2.19. The molecule has 1 amide bonds. The van der Waals surface area contributed by atoms with Crippen molar-refractivity contribution < 1.29 is 9.72 Å². The highest BCUT2D eigenvalue weighted by molar-refractivity contribution is 8.02. The van der Waals surface area contributed by atoms with E-state index in [0.29, 0.717) is 9.47 Å². The number of nitro benzene ring substituents is 1. The predicted octanol–water partition coefficient (Wildman–Crippen LogP) is 4.04. The van der Waals surface area contributed by atoms with E-state index < -0.39 is 10.2 Å². The zero-order valence-corrected chi connectivity index (χ0v) is 16.0. The third-order valence-electron chi connectivity index (χ3n) is 2.88. The van der Waals surface area contributed by atoms with Crippen LogP contribution in [0, 0.1) is 10.1 Å². The van der Waals surface area contributed by atoms with Gasteiger partial charge in [0.1, 0.15) is 0 Å². The molecule has 2 rings (SSSR count). The Balaban J connectivity index is 2.02. The molecule has 1 atom stereocenters. The lowest BCUT2D eigenvalue weighted by Crippen LogP contribution is -2.22. The fraction of sp³-hybridized carbons (Fsp3) is 0.357. The normalized spacial score (nSPS) is 12.0. The molecule has 2 aromatic rings.